The second kappa shape index (κ2) is 13.1. The summed E-state index contributed by atoms with van der Waals surface area (Å²) in [6.07, 6.45) is 1.55. The van der Waals surface area contributed by atoms with Gasteiger partial charge in [0.2, 0.25) is 0 Å². The van der Waals surface area contributed by atoms with Crippen molar-refractivity contribution in [1.82, 2.24) is 10.3 Å². The number of hydrogen-bond donors (Lipinski definition) is 1. The first-order valence-corrected chi connectivity index (χ1v) is 14.7. The van der Waals surface area contributed by atoms with Gasteiger partial charge in [-0.2, -0.15) is 5.10 Å². The van der Waals surface area contributed by atoms with Crippen LogP contribution in [0.4, 0.5) is 14.5 Å². The molecular weight excluding hydrogens is 462 g/mol. The molecule has 4 nitrogen and oxygen atoms in total. The van der Waals surface area contributed by atoms with E-state index in [1.165, 1.54) is 25.9 Å². The van der Waals surface area contributed by atoms with E-state index in [1.807, 2.05) is 32.0 Å². The van der Waals surface area contributed by atoms with Crippen molar-refractivity contribution in [3.63, 3.8) is 0 Å². The Bertz CT molecular complexity index is 1030. The summed E-state index contributed by atoms with van der Waals surface area (Å²) >= 11 is 0. The molecule has 0 spiro atoms. The molecule has 2 aromatic carbocycles. The van der Waals surface area contributed by atoms with Crippen molar-refractivity contribution in [2.45, 2.75) is 58.5 Å². The van der Waals surface area contributed by atoms with Gasteiger partial charge in [-0.15, -0.1) is 9.39 Å². The fourth-order valence-corrected chi connectivity index (χ4v) is 6.35. The van der Waals surface area contributed by atoms with Crippen molar-refractivity contribution in [1.29, 1.82) is 0 Å². The Hall–Kier alpha value is -2.38. The van der Waals surface area contributed by atoms with Gasteiger partial charge in [0.05, 0.1) is 12.3 Å². The highest BCUT2D eigenvalue weighted by molar-refractivity contribution is 8.28. The van der Waals surface area contributed by atoms with Gasteiger partial charge < -0.3 is 14.6 Å². The Balaban J connectivity index is 0.00000167. The lowest BCUT2D eigenvalue weighted by Crippen LogP contribution is -2.27. The van der Waals surface area contributed by atoms with E-state index in [2.05, 4.69) is 67.9 Å². The first-order chi connectivity index (χ1) is 16.9. The van der Waals surface area contributed by atoms with Crippen LogP contribution in [-0.4, -0.2) is 60.2 Å². The van der Waals surface area contributed by atoms with Crippen LogP contribution in [-0.2, 0) is 6.54 Å². The first kappa shape index (κ1) is 27.2. The second-order valence-corrected chi connectivity index (χ2v) is 11.9. The zero-order valence-electron chi connectivity index (χ0n) is 21.1. The number of nitrogens with zero attached hydrogens (tertiary/aromatic N) is 3. The molecule has 1 N–H and O–H groups in total. The van der Waals surface area contributed by atoms with Crippen LogP contribution >= 0.6 is 9.39 Å². The molecule has 2 aliphatic rings. The van der Waals surface area contributed by atoms with Crippen LogP contribution in [0.3, 0.4) is 0 Å². The number of para-hydroxylation sites is 1. The molecule has 1 atom stereocenters. The van der Waals surface area contributed by atoms with Gasteiger partial charge in [-0.05, 0) is 62.2 Å². The quantitative estimate of drug-likeness (QED) is 0.397. The highest BCUT2D eigenvalue weighted by Crippen LogP contribution is 2.35. The molecule has 35 heavy (non-hydrogen) atoms. The lowest BCUT2D eigenvalue weighted by Gasteiger charge is -2.34. The van der Waals surface area contributed by atoms with E-state index in [-0.39, 0.29) is 6.42 Å². The summed E-state index contributed by atoms with van der Waals surface area (Å²) in [6.45, 7) is 8.25. The van der Waals surface area contributed by atoms with Gasteiger partial charge in [0.15, 0.2) is 0 Å². The van der Waals surface area contributed by atoms with Crippen molar-refractivity contribution in [3.8, 4) is 0 Å². The summed E-state index contributed by atoms with van der Waals surface area (Å²) in [5.41, 5.74) is 6.39. The molecule has 1 saturated heterocycles. The lowest BCUT2D eigenvalue weighted by molar-refractivity contribution is 0.106. The normalized spacial score (nSPS) is 18.1. The van der Waals surface area contributed by atoms with Crippen LogP contribution in [0.1, 0.15) is 50.7 Å². The standard InChI is InChI=1S/C26H34F2N4S.C2H6/c1-33(2,18-8-17-31-15-6-7-16-31)32(23-9-4-3-5-10-23)20-21-11-13-22(14-12-21)24-19-25(26(27)28)30-29-24;1-2/h3-5,9-14,25-26,30H,1-2,6-8,15-20H2;1-2H3. The number of anilines is 1. The Labute approximate surface area is 210 Å². The molecule has 1 unspecified atom stereocenters. The Morgan fingerprint density at radius 2 is 1.71 bits per heavy atom. The highest BCUT2D eigenvalue weighted by Gasteiger charge is 2.27. The minimum absolute atomic E-state index is 0.245. The minimum atomic E-state index is -2.42. The molecule has 1 fully saturated rings. The van der Waals surface area contributed by atoms with Crippen molar-refractivity contribution in [2.24, 2.45) is 5.10 Å². The average molecular weight is 503 g/mol. The highest BCUT2D eigenvalue weighted by atomic mass is 32.2. The molecule has 0 aromatic heterocycles. The van der Waals surface area contributed by atoms with Crippen molar-refractivity contribution in [3.05, 3.63) is 65.7 Å². The maximum absolute atomic E-state index is 12.9. The molecule has 0 radical (unpaired) electrons. The molecule has 0 aliphatic carbocycles. The molecule has 2 aliphatic heterocycles. The molecule has 2 heterocycles. The van der Waals surface area contributed by atoms with Crippen molar-refractivity contribution < 1.29 is 8.78 Å². The molecule has 2 aromatic rings. The van der Waals surface area contributed by atoms with Gasteiger partial charge in [-0.3, -0.25) is 0 Å². The molecule has 0 saturated carbocycles. The summed E-state index contributed by atoms with van der Waals surface area (Å²) in [5.74, 6) is 10.2. The average Bonchev–Trinajstić information content (AvgIpc) is 3.57. The summed E-state index contributed by atoms with van der Waals surface area (Å²) in [4.78, 5) is 2.54. The number of benzene rings is 2. The van der Waals surface area contributed by atoms with Gasteiger partial charge in [-0.25, -0.2) is 8.78 Å². The lowest BCUT2D eigenvalue weighted by atomic mass is 10.0. The maximum atomic E-state index is 12.9. The minimum Gasteiger partial charge on any atom is -0.324 e. The van der Waals surface area contributed by atoms with Crippen LogP contribution < -0.4 is 9.73 Å². The Morgan fingerprint density at radius 3 is 2.31 bits per heavy atom. The topological polar surface area (TPSA) is 30.9 Å². The molecular formula is C28H40F2N4S. The Morgan fingerprint density at radius 1 is 1.06 bits per heavy atom. The van der Waals surface area contributed by atoms with E-state index in [0.29, 0.717) is 12.3 Å². The molecule has 192 valence electrons. The monoisotopic (exact) mass is 502 g/mol. The van der Waals surface area contributed by atoms with Gasteiger partial charge >= 0.3 is 0 Å². The zero-order chi connectivity index (χ0) is 25.3. The smallest absolute Gasteiger partial charge is 0.260 e. The van der Waals surface area contributed by atoms with E-state index in [9.17, 15) is 8.78 Å². The number of nitrogens with one attached hydrogen (secondary N) is 1. The SMILES string of the molecule is C=S(=C)(CCCN1CCCC1)N(Cc1ccc(C2=NNC(C(F)F)C2)cc1)c1ccccc1.CC. The van der Waals surface area contributed by atoms with Gasteiger partial charge in [-0.1, -0.05) is 68.1 Å². The number of hydrogen-bond acceptors (Lipinski definition) is 4. The van der Waals surface area contributed by atoms with Crippen molar-refractivity contribution >= 4 is 32.5 Å². The molecule has 7 heteroatoms. The summed E-state index contributed by atoms with van der Waals surface area (Å²) < 4.78 is 28.2. The summed E-state index contributed by atoms with van der Waals surface area (Å²) in [6, 6.07) is 17.5. The van der Waals surface area contributed by atoms with Crippen LogP contribution in [0.25, 0.3) is 0 Å². The third kappa shape index (κ3) is 7.55. The van der Waals surface area contributed by atoms with Crippen molar-refractivity contribution in [2.75, 3.05) is 29.7 Å². The predicted molar refractivity (Wildman–Crippen MR) is 151 cm³/mol. The number of hydrazone groups is 1. The number of alkyl halides is 2. The van der Waals surface area contributed by atoms with Gasteiger partial charge in [0, 0.05) is 17.9 Å². The predicted octanol–water partition coefficient (Wildman–Crippen LogP) is 6.12. The van der Waals surface area contributed by atoms with E-state index in [4.69, 9.17) is 0 Å². The van der Waals surface area contributed by atoms with E-state index in [1.54, 1.807) is 0 Å². The fraction of sp³-hybridized carbons (Fsp3) is 0.464. The summed E-state index contributed by atoms with van der Waals surface area (Å²) in [5, 5.41) is 4.11. The first-order valence-electron chi connectivity index (χ1n) is 12.6. The maximum Gasteiger partial charge on any atom is 0.260 e. The Kier molecular flexibility index (Phi) is 10.2. The largest absolute Gasteiger partial charge is 0.324 e. The van der Waals surface area contributed by atoms with E-state index in [0.717, 1.165) is 35.5 Å². The zero-order valence-corrected chi connectivity index (χ0v) is 22.0. The number of rotatable bonds is 10. The van der Waals surface area contributed by atoms with Crippen LogP contribution in [0.5, 0.6) is 0 Å². The fourth-order valence-electron chi connectivity index (χ4n) is 4.48. The second-order valence-electron chi connectivity index (χ2n) is 9.01. The third-order valence-electron chi connectivity index (χ3n) is 6.41. The molecule has 0 bridgehead atoms. The third-order valence-corrected chi connectivity index (χ3v) is 8.73. The van der Waals surface area contributed by atoms with Crippen LogP contribution in [0.15, 0.2) is 59.7 Å². The summed E-state index contributed by atoms with van der Waals surface area (Å²) in [7, 11) is -1.52. The van der Waals surface area contributed by atoms with E-state index < -0.39 is 21.9 Å². The molecule has 4 rings (SSSR count). The molecule has 0 amide bonds. The van der Waals surface area contributed by atoms with Gasteiger partial charge in [0.1, 0.15) is 6.04 Å². The number of likely N-dealkylation sites (tertiary alicyclic amines) is 1. The van der Waals surface area contributed by atoms with Crippen LogP contribution in [0.2, 0.25) is 0 Å². The van der Waals surface area contributed by atoms with E-state index >= 15 is 0 Å². The number of halogens is 2. The van der Waals surface area contributed by atoms with Crippen LogP contribution in [0, 0.1) is 0 Å². The van der Waals surface area contributed by atoms with Gasteiger partial charge in [0.25, 0.3) is 6.43 Å².